The second kappa shape index (κ2) is 4.69. The van der Waals surface area contributed by atoms with Gasteiger partial charge in [0.05, 0.1) is 22.3 Å². The highest BCUT2D eigenvalue weighted by Crippen LogP contribution is 2.37. The lowest BCUT2D eigenvalue weighted by Crippen LogP contribution is -2.19. The highest BCUT2D eigenvalue weighted by Gasteiger charge is 2.33. The second-order valence-corrected chi connectivity index (χ2v) is 4.69. The predicted octanol–water partition coefficient (Wildman–Crippen LogP) is 4.07. The summed E-state index contributed by atoms with van der Waals surface area (Å²) in [4.78, 5) is 0. The smallest absolute Gasteiger partial charge is 0.368 e. The average molecular weight is 275 g/mol. The zero-order chi connectivity index (χ0) is 13.3. The fourth-order valence-electron chi connectivity index (χ4n) is 1.66. The van der Waals surface area contributed by atoms with Gasteiger partial charge in [-0.1, -0.05) is 11.6 Å². The predicted molar refractivity (Wildman–Crippen MR) is 62.2 cm³/mol. The molecule has 6 heteroatoms. The first-order valence-electron chi connectivity index (χ1n) is 5.44. The maximum atomic E-state index is 12.4. The monoisotopic (exact) mass is 274 g/mol. The Labute approximate surface area is 107 Å². The van der Waals surface area contributed by atoms with Crippen LogP contribution in [0.3, 0.4) is 0 Å². The van der Waals surface area contributed by atoms with E-state index in [4.69, 9.17) is 16.9 Å². The first kappa shape index (κ1) is 13.0. The lowest BCUT2D eigenvalue weighted by Gasteiger charge is -2.15. The van der Waals surface area contributed by atoms with E-state index in [1.807, 2.05) is 0 Å². The van der Waals surface area contributed by atoms with Crippen LogP contribution >= 0.6 is 11.6 Å². The van der Waals surface area contributed by atoms with E-state index in [0.717, 1.165) is 25.0 Å². The maximum Gasteiger partial charge on any atom is 0.416 e. The van der Waals surface area contributed by atoms with Gasteiger partial charge < -0.3 is 5.32 Å². The minimum atomic E-state index is -4.41. The number of rotatable bonds is 3. The summed E-state index contributed by atoms with van der Waals surface area (Å²) in [6.45, 7) is 0. The molecule has 0 heterocycles. The molecule has 1 aliphatic rings. The standard InChI is InChI=1S/C12H10ClF3N2/c13-9-5-8(12(14,15)16)3-4-10(9)18-11(6-17)7-1-2-7/h3-5,7,11,18H,1-2H2. The fourth-order valence-corrected chi connectivity index (χ4v) is 1.90. The van der Waals surface area contributed by atoms with E-state index in [-0.39, 0.29) is 17.0 Å². The molecule has 1 N–H and O–H groups in total. The van der Waals surface area contributed by atoms with Crippen LogP contribution in [0.4, 0.5) is 18.9 Å². The van der Waals surface area contributed by atoms with Gasteiger partial charge >= 0.3 is 6.18 Å². The Morgan fingerprint density at radius 2 is 2.06 bits per heavy atom. The number of benzene rings is 1. The summed E-state index contributed by atoms with van der Waals surface area (Å²) in [5.74, 6) is 0.272. The summed E-state index contributed by atoms with van der Waals surface area (Å²) in [5, 5.41) is 11.8. The molecule has 1 saturated carbocycles. The van der Waals surface area contributed by atoms with Gasteiger partial charge in [-0.3, -0.25) is 0 Å². The molecule has 1 aliphatic carbocycles. The highest BCUT2D eigenvalue weighted by molar-refractivity contribution is 6.33. The number of hydrogen-bond donors (Lipinski definition) is 1. The first-order chi connectivity index (χ1) is 8.41. The van der Waals surface area contributed by atoms with Crippen molar-refractivity contribution < 1.29 is 13.2 Å². The molecule has 1 aromatic carbocycles. The van der Waals surface area contributed by atoms with Crippen LogP contribution in [0.1, 0.15) is 18.4 Å². The lowest BCUT2D eigenvalue weighted by atomic mass is 10.1. The van der Waals surface area contributed by atoms with Crippen molar-refractivity contribution in [3.8, 4) is 6.07 Å². The molecule has 1 unspecified atom stereocenters. The van der Waals surface area contributed by atoms with Crippen LogP contribution in [0.2, 0.25) is 5.02 Å². The van der Waals surface area contributed by atoms with Crippen molar-refractivity contribution in [3.63, 3.8) is 0 Å². The van der Waals surface area contributed by atoms with E-state index in [1.54, 1.807) is 0 Å². The van der Waals surface area contributed by atoms with Gasteiger partial charge in [-0.05, 0) is 37.0 Å². The molecule has 0 aliphatic heterocycles. The molecule has 0 amide bonds. The molecule has 0 spiro atoms. The highest BCUT2D eigenvalue weighted by atomic mass is 35.5. The number of halogens is 4. The molecular formula is C12H10ClF3N2. The molecule has 0 radical (unpaired) electrons. The minimum absolute atomic E-state index is 0.0225. The van der Waals surface area contributed by atoms with Crippen molar-refractivity contribution in [2.75, 3.05) is 5.32 Å². The Balaban J connectivity index is 2.17. The van der Waals surface area contributed by atoms with Crippen molar-refractivity contribution >= 4 is 17.3 Å². The largest absolute Gasteiger partial charge is 0.416 e. The van der Waals surface area contributed by atoms with Crippen molar-refractivity contribution in [2.24, 2.45) is 5.92 Å². The topological polar surface area (TPSA) is 35.8 Å². The quantitative estimate of drug-likeness (QED) is 0.902. The van der Waals surface area contributed by atoms with Gasteiger partial charge in [0, 0.05) is 0 Å². The van der Waals surface area contributed by atoms with Crippen molar-refractivity contribution in [1.29, 1.82) is 5.26 Å². The Hall–Kier alpha value is -1.41. The third-order valence-electron chi connectivity index (χ3n) is 2.84. The summed E-state index contributed by atoms with van der Waals surface area (Å²) >= 11 is 5.79. The van der Waals surface area contributed by atoms with E-state index < -0.39 is 11.7 Å². The number of nitriles is 1. The number of anilines is 1. The van der Waals surface area contributed by atoms with Gasteiger partial charge in [0.25, 0.3) is 0 Å². The molecule has 2 rings (SSSR count). The van der Waals surface area contributed by atoms with Gasteiger partial charge in [-0.15, -0.1) is 0 Å². The summed E-state index contributed by atoms with van der Waals surface area (Å²) < 4.78 is 37.3. The van der Waals surface area contributed by atoms with Crippen molar-refractivity contribution in [1.82, 2.24) is 0 Å². The van der Waals surface area contributed by atoms with E-state index in [9.17, 15) is 13.2 Å². The lowest BCUT2D eigenvalue weighted by molar-refractivity contribution is -0.137. The van der Waals surface area contributed by atoms with Gasteiger partial charge in [0.2, 0.25) is 0 Å². The molecule has 18 heavy (non-hydrogen) atoms. The summed E-state index contributed by atoms with van der Waals surface area (Å²) in [6.07, 6.45) is -2.49. The van der Waals surface area contributed by atoms with E-state index in [0.29, 0.717) is 5.69 Å². The van der Waals surface area contributed by atoms with Crippen LogP contribution in [0.25, 0.3) is 0 Å². The summed E-state index contributed by atoms with van der Waals surface area (Å²) in [5.41, 5.74) is -0.430. The zero-order valence-electron chi connectivity index (χ0n) is 9.26. The third-order valence-corrected chi connectivity index (χ3v) is 3.15. The Kier molecular flexibility index (Phi) is 3.40. The van der Waals surface area contributed by atoms with Crippen LogP contribution < -0.4 is 5.32 Å². The maximum absolute atomic E-state index is 12.4. The molecule has 96 valence electrons. The normalized spacial score (nSPS) is 17.1. The van der Waals surface area contributed by atoms with Crippen molar-refractivity contribution in [3.05, 3.63) is 28.8 Å². The molecule has 0 bridgehead atoms. The number of hydrogen-bond acceptors (Lipinski definition) is 2. The van der Waals surface area contributed by atoms with Crippen LogP contribution in [0.5, 0.6) is 0 Å². The minimum Gasteiger partial charge on any atom is -0.368 e. The Morgan fingerprint density at radius 1 is 1.39 bits per heavy atom. The van der Waals surface area contributed by atoms with Crippen molar-refractivity contribution in [2.45, 2.75) is 25.1 Å². The van der Waals surface area contributed by atoms with Gasteiger partial charge in [-0.2, -0.15) is 18.4 Å². The molecule has 0 saturated heterocycles. The first-order valence-corrected chi connectivity index (χ1v) is 5.82. The second-order valence-electron chi connectivity index (χ2n) is 4.28. The molecule has 1 fully saturated rings. The molecule has 1 atom stereocenters. The molecular weight excluding hydrogens is 265 g/mol. The molecule has 2 nitrogen and oxygen atoms in total. The SMILES string of the molecule is N#CC(Nc1ccc(C(F)(F)F)cc1Cl)C1CC1. The third kappa shape index (κ3) is 2.88. The van der Waals surface area contributed by atoms with Crippen LogP contribution in [-0.4, -0.2) is 6.04 Å². The van der Waals surface area contributed by atoms with Crippen LogP contribution in [0, 0.1) is 17.2 Å². The number of nitrogens with one attached hydrogen (secondary N) is 1. The number of nitrogens with zero attached hydrogens (tertiary/aromatic N) is 1. The fraction of sp³-hybridized carbons (Fsp3) is 0.417. The Bertz CT molecular complexity index is 489. The van der Waals surface area contributed by atoms with Crippen LogP contribution in [-0.2, 0) is 6.18 Å². The summed E-state index contributed by atoms with van der Waals surface area (Å²) in [6, 6.07) is 4.78. The number of alkyl halides is 3. The average Bonchev–Trinajstić information content (AvgIpc) is 3.10. The molecule has 0 aromatic heterocycles. The van der Waals surface area contributed by atoms with E-state index in [1.165, 1.54) is 6.07 Å². The van der Waals surface area contributed by atoms with Gasteiger partial charge in [-0.25, -0.2) is 0 Å². The van der Waals surface area contributed by atoms with E-state index in [2.05, 4.69) is 11.4 Å². The van der Waals surface area contributed by atoms with E-state index >= 15 is 0 Å². The molecule has 1 aromatic rings. The van der Waals surface area contributed by atoms with Gasteiger partial charge in [0.1, 0.15) is 6.04 Å². The summed E-state index contributed by atoms with van der Waals surface area (Å²) in [7, 11) is 0. The Morgan fingerprint density at radius 3 is 2.50 bits per heavy atom. The zero-order valence-corrected chi connectivity index (χ0v) is 10.0. The van der Waals surface area contributed by atoms with Crippen LogP contribution in [0.15, 0.2) is 18.2 Å². The van der Waals surface area contributed by atoms with Gasteiger partial charge in [0.15, 0.2) is 0 Å².